The van der Waals surface area contributed by atoms with Gasteiger partial charge in [-0.2, -0.15) is 0 Å². The molecule has 0 radical (unpaired) electrons. The number of methoxy groups -OCH3 is 1. The van der Waals surface area contributed by atoms with E-state index < -0.39 is 5.97 Å². The van der Waals surface area contributed by atoms with Crippen LogP contribution >= 0.6 is 0 Å². The lowest BCUT2D eigenvalue weighted by molar-refractivity contribution is -0.142. The van der Waals surface area contributed by atoms with Crippen molar-refractivity contribution in [2.45, 2.75) is 84.5 Å². The molecule has 2 aliphatic carbocycles. The zero-order valence-corrected chi connectivity index (χ0v) is 13.3. The Bertz CT molecular complexity index is 302. The molecule has 4 nitrogen and oxygen atoms in total. The van der Waals surface area contributed by atoms with Crippen molar-refractivity contribution in [1.29, 1.82) is 0 Å². The van der Waals surface area contributed by atoms with Gasteiger partial charge in [-0.15, -0.1) is 0 Å². The first-order valence-corrected chi connectivity index (χ1v) is 8.40. The molecule has 0 unspecified atom stereocenters. The summed E-state index contributed by atoms with van der Waals surface area (Å²) in [5.41, 5.74) is 0. The van der Waals surface area contributed by atoms with E-state index in [4.69, 9.17) is 5.11 Å². The second-order valence-corrected chi connectivity index (χ2v) is 6.39. The predicted molar refractivity (Wildman–Crippen MR) is 88.8 cm³/mol. The highest BCUT2D eigenvalue weighted by Crippen LogP contribution is 2.26. The van der Waals surface area contributed by atoms with Crippen LogP contribution in [0.15, 0.2) is 0 Å². The van der Waals surface area contributed by atoms with Crippen LogP contribution in [0, 0.1) is 11.8 Å². The van der Waals surface area contributed by atoms with Gasteiger partial charge in [-0.25, -0.2) is 0 Å². The van der Waals surface area contributed by atoms with Gasteiger partial charge < -0.3 is 9.84 Å². The summed E-state index contributed by atoms with van der Waals surface area (Å²) >= 11 is 0. The molecule has 2 fully saturated rings. The average molecular weight is 314 g/mol. The topological polar surface area (TPSA) is 63.6 Å². The molecule has 0 spiro atoms. The van der Waals surface area contributed by atoms with E-state index in [0.29, 0.717) is 24.7 Å². The minimum atomic E-state index is -0.632. The Labute approximate surface area is 135 Å². The monoisotopic (exact) mass is 314 g/mol. The molecule has 0 aromatic heterocycles. The summed E-state index contributed by atoms with van der Waals surface area (Å²) in [6, 6.07) is 0. The van der Waals surface area contributed by atoms with Gasteiger partial charge in [-0.3, -0.25) is 9.59 Å². The van der Waals surface area contributed by atoms with Gasteiger partial charge in [-0.05, 0) is 37.5 Å². The molecule has 0 aromatic carbocycles. The van der Waals surface area contributed by atoms with Gasteiger partial charge in [0.25, 0.3) is 0 Å². The SMILES string of the molecule is C.COC(=O)CC1CCCCC1.O=C(O)CC1CCCCC1. The van der Waals surface area contributed by atoms with Gasteiger partial charge in [0.1, 0.15) is 0 Å². The minimum Gasteiger partial charge on any atom is -0.481 e. The number of carboxylic acid groups (broad SMARTS) is 1. The third-order valence-electron chi connectivity index (χ3n) is 4.60. The number of aliphatic carboxylic acids is 1. The van der Waals surface area contributed by atoms with Crippen molar-refractivity contribution >= 4 is 11.9 Å². The number of rotatable bonds is 4. The molecular weight excluding hydrogens is 280 g/mol. The molecule has 0 aromatic rings. The Morgan fingerprint density at radius 2 is 1.27 bits per heavy atom. The quantitative estimate of drug-likeness (QED) is 0.756. The Morgan fingerprint density at radius 3 is 1.64 bits per heavy atom. The van der Waals surface area contributed by atoms with E-state index in [1.54, 1.807) is 0 Å². The molecule has 1 N–H and O–H groups in total. The zero-order chi connectivity index (χ0) is 15.5. The van der Waals surface area contributed by atoms with E-state index in [9.17, 15) is 9.59 Å². The maximum atomic E-state index is 10.9. The Hall–Kier alpha value is -1.06. The summed E-state index contributed by atoms with van der Waals surface area (Å²) < 4.78 is 4.61. The fourth-order valence-corrected chi connectivity index (χ4v) is 3.35. The van der Waals surface area contributed by atoms with Crippen LogP contribution in [0.1, 0.15) is 84.5 Å². The van der Waals surface area contributed by atoms with Gasteiger partial charge in [0.15, 0.2) is 0 Å². The number of carbonyl (C=O) groups excluding carboxylic acids is 1. The normalized spacial score (nSPS) is 19.3. The zero-order valence-electron chi connectivity index (χ0n) is 13.3. The standard InChI is InChI=1S/C9H16O2.C8H14O2.CH4/c1-11-9(10)7-8-5-3-2-4-6-8;9-8(10)6-7-4-2-1-3-5-7;/h8H,2-7H2,1H3;7H,1-6H2,(H,9,10);1H4. The molecule has 2 saturated carbocycles. The molecule has 2 aliphatic rings. The molecule has 0 heterocycles. The van der Waals surface area contributed by atoms with Crippen LogP contribution in [0.25, 0.3) is 0 Å². The number of carboxylic acids is 1. The summed E-state index contributed by atoms with van der Waals surface area (Å²) in [5, 5.41) is 8.47. The number of ether oxygens (including phenoxy) is 1. The van der Waals surface area contributed by atoms with Crippen molar-refractivity contribution in [2.24, 2.45) is 11.8 Å². The lowest BCUT2D eigenvalue weighted by Crippen LogP contribution is -2.12. The Balaban J connectivity index is 0.000000385. The van der Waals surface area contributed by atoms with E-state index >= 15 is 0 Å². The molecule has 22 heavy (non-hydrogen) atoms. The first kappa shape index (κ1) is 20.9. The summed E-state index contributed by atoms with van der Waals surface area (Å²) in [7, 11) is 1.46. The van der Waals surface area contributed by atoms with E-state index in [2.05, 4.69) is 4.74 Å². The molecule has 0 bridgehead atoms. The first-order chi connectivity index (χ1) is 10.1. The van der Waals surface area contributed by atoms with Crippen molar-refractivity contribution < 1.29 is 19.4 Å². The first-order valence-electron chi connectivity index (χ1n) is 8.40. The van der Waals surface area contributed by atoms with Gasteiger partial charge in [0.05, 0.1) is 7.11 Å². The van der Waals surface area contributed by atoms with Crippen LogP contribution in [0.3, 0.4) is 0 Å². The number of hydrogen-bond acceptors (Lipinski definition) is 3. The van der Waals surface area contributed by atoms with E-state index in [1.807, 2.05) is 0 Å². The van der Waals surface area contributed by atoms with Gasteiger partial charge in [0, 0.05) is 12.8 Å². The maximum absolute atomic E-state index is 10.9. The summed E-state index contributed by atoms with van der Waals surface area (Å²) in [6.45, 7) is 0. The molecule has 4 heteroatoms. The van der Waals surface area contributed by atoms with Gasteiger partial charge in [-0.1, -0.05) is 46.0 Å². The Morgan fingerprint density at radius 1 is 0.864 bits per heavy atom. The summed E-state index contributed by atoms with van der Waals surface area (Å²) in [5.74, 6) is 0.409. The molecule has 0 amide bonds. The summed E-state index contributed by atoms with van der Waals surface area (Å²) in [6.07, 6.45) is 13.4. The van der Waals surface area contributed by atoms with Gasteiger partial charge >= 0.3 is 11.9 Å². The van der Waals surface area contributed by atoms with E-state index in [0.717, 1.165) is 12.8 Å². The van der Waals surface area contributed by atoms with E-state index in [-0.39, 0.29) is 13.4 Å². The lowest BCUT2D eigenvalue weighted by Gasteiger charge is -2.19. The Kier molecular flexibility index (Phi) is 11.9. The smallest absolute Gasteiger partial charge is 0.305 e. The van der Waals surface area contributed by atoms with Crippen LogP contribution in [0.5, 0.6) is 0 Å². The van der Waals surface area contributed by atoms with Crippen molar-refractivity contribution in [2.75, 3.05) is 7.11 Å². The highest BCUT2D eigenvalue weighted by atomic mass is 16.5. The van der Waals surface area contributed by atoms with Crippen LogP contribution in [-0.4, -0.2) is 24.2 Å². The number of hydrogen-bond donors (Lipinski definition) is 1. The fourth-order valence-electron chi connectivity index (χ4n) is 3.35. The number of carbonyl (C=O) groups is 2. The summed E-state index contributed by atoms with van der Waals surface area (Å²) in [4.78, 5) is 21.1. The van der Waals surface area contributed by atoms with Crippen molar-refractivity contribution in [3.05, 3.63) is 0 Å². The highest BCUT2D eigenvalue weighted by molar-refractivity contribution is 5.69. The molecular formula is C18H34O4. The molecule has 0 saturated heterocycles. The second-order valence-electron chi connectivity index (χ2n) is 6.39. The molecule has 0 aliphatic heterocycles. The molecule has 0 atom stereocenters. The molecule has 130 valence electrons. The van der Waals surface area contributed by atoms with Crippen molar-refractivity contribution in [3.63, 3.8) is 0 Å². The van der Waals surface area contributed by atoms with Crippen LogP contribution in [0.4, 0.5) is 0 Å². The van der Waals surface area contributed by atoms with Crippen LogP contribution in [0.2, 0.25) is 0 Å². The number of esters is 1. The average Bonchev–Trinajstić information content (AvgIpc) is 2.49. The fraction of sp³-hybridized carbons (Fsp3) is 0.889. The maximum Gasteiger partial charge on any atom is 0.305 e. The third-order valence-corrected chi connectivity index (χ3v) is 4.60. The third kappa shape index (κ3) is 9.80. The van der Waals surface area contributed by atoms with Crippen molar-refractivity contribution in [3.8, 4) is 0 Å². The van der Waals surface area contributed by atoms with Crippen LogP contribution in [-0.2, 0) is 14.3 Å². The van der Waals surface area contributed by atoms with E-state index in [1.165, 1.54) is 58.5 Å². The van der Waals surface area contributed by atoms with Gasteiger partial charge in [0.2, 0.25) is 0 Å². The second kappa shape index (κ2) is 12.5. The van der Waals surface area contributed by atoms with Crippen LogP contribution < -0.4 is 0 Å². The molecule has 2 rings (SSSR count). The largest absolute Gasteiger partial charge is 0.481 e. The lowest BCUT2D eigenvalue weighted by atomic mass is 9.87. The predicted octanol–water partition coefficient (Wildman–Crippen LogP) is 4.81. The highest BCUT2D eigenvalue weighted by Gasteiger charge is 2.17. The van der Waals surface area contributed by atoms with Crippen molar-refractivity contribution in [1.82, 2.24) is 0 Å². The minimum absolute atomic E-state index is 0.